The smallest absolute Gasteiger partial charge is 0.340 e. The van der Waals surface area contributed by atoms with Crippen LogP contribution in [0.5, 0.6) is 28.7 Å². The molecule has 7 aromatic rings. The maximum absolute atomic E-state index is 15.0. The largest absolute Gasteiger partial charge is 0.508 e. The molecule has 1 spiro atoms. The number of guanidine groups is 1. The number of aromatic hydroxyl groups is 3. The number of phenolic OH excluding ortho intramolecular Hbond substituents is 3. The number of rotatable bonds is 53. The number of hydrogen-bond acceptors (Lipinski definition) is 28. The Hall–Kier alpha value is -16.2. The number of fused-ring (bicyclic) bond motifs is 6. The van der Waals surface area contributed by atoms with E-state index < -0.39 is 228 Å². The molecule has 6 heterocycles. The summed E-state index contributed by atoms with van der Waals surface area (Å²) in [6, 6.07) is 3.32. The number of hydrogen-bond donors (Lipinski definition) is 26. The standard InChI is InChI=1S/C97H122FN23O25/c1-4-50(2)79(120-89(137)72(41-57-45-103-49-109-57)116-85(133)67(15-10-36-107-96(100)101)113-87(135)70(38-52-17-24-58(124)25-18-52)115-88(136)71(40-56-44-102-48-108-56)117-90(138)73(46-122)118-83(131)65-14-9-35-104-65)92(140)119-74(47-123)93(141)121-37-11-16-75(121)91(139)110-51(3)80(128)111-68(31-32-78(99)127)86(134)112-66(12-5-7-33-105-81(129)53-19-22-55(98)23-20-53)84(132)114-69(94(142)143)13-6-8-34-106-82(130)54-21-28-62-61(39-54)95(144)146-97(62)63-29-26-59(125)42-76(63)145-77-43-60(126)27-30-64(77)97/h17-30,39,42-45,48-51,65-75,79,104,122-126H,4-16,31-38,40-41,46-47H2,1-3H3,(H2,99,127)(H,102,108)(H,103,109)(H,105,129)(H,106,130)(H,110,139)(H,111,128)(H,112,134)(H,113,135)(H,114,132)(H,115,136)(H,116,133)(H,117,138)(H,118,131)(H,119,140)(H,120,137)(H,142,143)(H4,100,101,107)/t50-,51-,65-,66?,67-,68-,69?,70-,71-,72-,73-,74-,75-,79-/m0/s1/i98-1. The van der Waals surface area contributed by atoms with Crippen LogP contribution >= 0.6 is 0 Å². The molecule has 4 aliphatic heterocycles. The van der Waals surface area contributed by atoms with Gasteiger partial charge in [-0.15, -0.1) is 0 Å². The molecule has 2 aromatic heterocycles. The van der Waals surface area contributed by atoms with E-state index in [-0.39, 0.29) is 167 Å². The second kappa shape index (κ2) is 52.2. The molecule has 2 saturated heterocycles. The first kappa shape index (κ1) is 110. The van der Waals surface area contributed by atoms with E-state index in [1.165, 1.54) is 123 Å². The van der Waals surface area contributed by atoms with E-state index in [9.17, 15) is 112 Å². The molecule has 146 heavy (non-hydrogen) atoms. The third-order valence-electron chi connectivity index (χ3n) is 25.3. The number of primary amides is 1. The summed E-state index contributed by atoms with van der Waals surface area (Å²) in [6.07, 6.45) is 4.52. The number of nitrogens with zero attached hydrogens (tertiary/aromatic N) is 3. The fourth-order valence-electron chi connectivity index (χ4n) is 17.2. The topological polar surface area (TPSA) is 747 Å². The number of nitrogens with two attached hydrogens (primary N) is 2. The predicted molar refractivity (Wildman–Crippen MR) is 515 cm³/mol. The van der Waals surface area contributed by atoms with Crippen molar-refractivity contribution in [1.29, 1.82) is 5.41 Å². The first-order chi connectivity index (χ1) is 69.8. The number of benzene rings is 5. The van der Waals surface area contributed by atoms with Gasteiger partial charge in [-0.2, -0.15) is 0 Å². The molecule has 2 fully saturated rings. The molecular formula is C97H122FN23O25. The number of aromatic nitrogens is 4. The molecule has 0 radical (unpaired) electrons. The van der Waals surface area contributed by atoms with Gasteiger partial charge in [0.2, 0.25) is 76.8 Å². The van der Waals surface area contributed by atoms with Crippen LogP contribution in [0.4, 0.5) is 4.39 Å². The summed E-state index contributed by atoms with van der Waals surface area (Å²) in [5.41, 5.74) is 11.8. The zero-order chi connectivity index (χ0) is 106. The highest BCUT2D eigenvalue weighted by Crippen LogP contribution is 2.57. The normalized spacial score (nSPS) is 16.5. The van der Waals surface area contributed by atoms with E-state index in [0.29, 0.717) is 47.3 Å². The van der Waals surface area contributed by atoms with Crippen LogP contribution in [0.1, 0.15) is 182 Å². The second-order valence-electron chi connectivity index (χ2n) is 35.9. The number of likely N-dealkylation sites (tertiary alicyclic amines) is 1. The number of unbranched alkanes of at least 4 members (excludes halogenated alkanes) is 2. The van der Waals surface area contributed by atoms with Crippen LogP contribution in [-0.2, 0) is 96.7 Å². The van der Waals surface area contributed by atoms with Gasteiger partial charge in [0.1, 0.15) is 107 Å². The van der Waals surface area contributed by atoms with Gasteiger partial charge in [0.05, 0.1) is 37.5 Å². The highest BCUT2D eigenvalue weighted by molar-refractivity contribution is 6.04. The number of carbonyl (C=O) groups is 17. The number of aliphatic hydroxyl groups is 2. The molecule has 48 nitrogen and oxygen atoms in total. The molecule has 11 rings (SSSR count). The lowest BCUT2D eigenvalue weighted by Gasteiger charge is -2.36. The number of amides is 15. The van der Waals surface area contributed by atoms with E-state index in [2.05, 4.69) is 99.7 Å². The fraction of sp³-hybridized carbons (Fsp3) is 0.443. The molecule has 15 amide bonds. The SMILES string of the molecule is CC[C@H](C)[C@H](NC(=O)[C@H](Cc1cnc[nH]1)NC(=O)[C@H](CCCNC(=N)N)NC(=O)[C@H](Cc1ccc(O)cc1)NC(=O)[C@H](Cc1cnc[nH]1)NC(=O)[C@H](CO)NC(=O)[C@@H]1CCCN1)C(=O)N[C@@H](CO)C(=O)N1CCC[C@H]1C(=O)N[C@@H](C)C(=O)N[C@@H](CCC(N)=O)C(=O)NC(CCCCNC(=O)c1ccc([18F])cc1)C(=O)NC(CCCCNC(=O)c1ccc2c(c1)C(=O)OC21c2ccc(O)cc2Oc2cc(O)ccc21)C(=O)O. The molecule has 2 unspecified atom stereocenters. The van der Waals surface area contributed by atoms with Crippen LogP contribution < -0.4 is 96.0 Å². The summed E-state index contributed by atoms with van der Waals surface area (Å²) >= 11 is 0. The number of aromatic amines is 2. The number of carbonyl (C=O) groups excluding carboxylic acids is 16. The Morgan fingerprint density at radius 1 is 0.514 bits per heavy atom. The first-order valence-corrected chi connectivity index (χ1v) is 47.8. The van der Waals surface area contributed by atoms with Gasteiger partial charge in [-0.25, -0.2) is 23.9 Å². The van der Waals surface area contributed by atoms with E-state index in [1.54, 1.807) is 13.8 Å². The average Bonchev–Trinajstić information content (AvgIpc) is 1.53. The van der Waals surface area contributed by atoms with Crippen LogP contribution in [0.15, 0.2) is 128 Å². The summed E-state index contributed by atoms with van der Waals surface area (Å²) in [7, 11) is 0. The van der Waals surface area contributed by atoms with Crippen molar-refractivity contribution < 1.29 is 126 Å². The van der Waals surface area contributed by atoms with E-state index in [1.807, 2.05) is 0 Å². The molecule has 14 atom stereocenters. The monoisotopic (exact) mass is 2030 g/mol. The number of ether oxygens (including phenoxy) is 2. The minimum Gasteiger partial charge on any atom is -0.508 e. The lowest BCUT2D eigenvalue weighted by atomic mass is 9.77. The molecule has 0 bridgehead atoms. The van der Waals surface area contributed by atoms with Crippen LogP contribution in [0.2, 0.25) is 0 Å². The van der Waals surface area contributed by atoms with Crippen molar-refractivity contribution in [2.45, 2.75) is 220 Å². The second-order valence-corrected chi connectivity index (χ2v) is 35.9. The van der Waals surface area contributed by atoms with Gasteiger partial charge in [-0.05, 0) is 181 Å². The zero-order valence-electron chi connectivity index (χ0n) is 80.2. The Morgan fingerprint density at radius 2 is 1.00 bits per heavy atom. The van der Waals surface area contributed by atoms with Crippen molar-refractivity contribution in [3.63, 3.8) is 0 Å². The summed E-state index contributed by atoms with van der Waals surface area (Å²) in [5.74, 6) is -18.0. The molecule has 5 aromatic carbocycles. The van der Waals surface area contributed by atoms with Crippen LogP contribution in [0.25, 0.3) is 0 Å². The summed E-state index contributed by atoms with van der Waals surface area (Å²) in [5, 5.41) is 110. The van der Waals surface area contributed by atoms with Gasteiger partial charge >= 0.3 is 11.9 Å². The van der Waals surface area contributed by atoms with Crippen molar-refractivity contribution in [1.82, 2.24) is 105 Å². The number of carboxylic acids is 1. The number of halogens is 1. The minimum atomic E-state index is -1.81. The molecule has 782 valence electrons. The third-order valence-corrected chi connectivity index (χ3v) is 25.3. The molecule has 4 aliphatic rings. The van der Waals surface area contributed by atoms with Crippen LogP contribution in [0.3, 0.4) is 0 Å². The molecule has 28 N–H and O–H groups in total. The minimum absolute atomic E-state index is 0.00570. The maximum Gasteiger partial charge on any atom is 0.340 e. The average molecular weight is 2030 g/mol. The molecule has 49 heteroatoms. The van der Waals surface area contributed by atoms with Gasteiger partial charge in [0.15, 0.2) is 11.6 Å². The lowest BCUT2D eigenvalue weighted by molar-refractivity contribution is -0.143. The van der Waals surface area contributed by atoms with Crippen molar-refractivity contribution >= 4 is 107 Å². The van der Waals surface area contributed by atoms with Crippen molar-refractivity contribution in [2.24, 2.45) is 17.4 Å². The Morgan fingerprint density at radius 3 is 1.53 bits per heavy atom. The van der Waals surface area contributed by atoms with Gasteiger partial charge in [0, 0.05) is 116 Å². The lowest BCUT2D eigenvalue weighted by Crippen LogP contribution is -2.62. The number of imidazole rings is 2. The molecule has 0 saturated carbocycles. The van der Waals surface area contributed by atoms with Crippen LogP contribution in [-0.4, -0.2) is 286 Å². The van der Waals surface area contributed by atoms with Gasteiger partial charge in [-0.1, -0.05) is 38.5 Å². The predicted octanol–water partition coefficient (Wildman–Crippen LogP) is -2.08. The Bertz CT molecular complexity index is 5820. The first-order valence-electron chi connectivity index (χ1n) is 47.8. The van der Waals surface area contributed by atoms with E-state index >= 15 is 4.79 Å². The number of aliphatic carboxylic acids is 1. The quantitative estimate of drug-likeness (QED) is 0.00842. The number of H-pyrrole nitrogens is 2. The molecule has 0 aliphatic carbocycles. The highest BCUT2D eigenvalue weighted by Gasteiger charge is 2.54. The van der Waals surface area contributed by atoms with E-state index in [4.69, 9.17) is 26.4 Å². The Kier molecular flexibility index (Phi) is 39.4. The van der Waals surface area contributed by atoms with Crippen LogP contribution in [0, 0.1) is 17.1 Å². The highest BCUT2D eigenvalue weighted by atomic mass is 18.2. The Balaban J connectivity index is 0.720. The number of phenols is 3. The van der Waals surface area contributed by atoms with Crippen molar-refractivity contribution in [3.8, 4) is 28.7 Å². The number of carboxylic acid groups (broad SMARTS) is 1. The van der Waals surface area contributed by atoms with Crippen molar-refractivity contribution in [2.75, 3.05) is 45.9 Å². The van der Waals surface area contributed by atoms with Gasteiger partial charge < -0.3 is 146 Å². The summed E-state index contributed by atoms with van der Waals surface area (Å²) in [4.78, 5) is 254. The van der Waals surface area contributed by atoms with Gasteiger partial charge in [-0.3, -0.25) is 77.3 Å². The summed E-state index contributed by atoms with van der Waals surface area (Å²) < 4.78 is 25.8. The number of aliphatic hydroxyl groups excluding tert-OH is 2. The maximum atomic E-state index is 15.0. The van der Waals surface area contributed by atoms with Crippen molar-refractivity contribution in [3.05, 3.63) is 184 Å². The number of nitrogens with one attached hydrogen (secondary N) is 18. The van der Waals surface area contributed by atoms with Gasteiger partial charge in [0.25, 0.3) is 11.8 Å². The van der Waals surface area contributed by atoms with E-state index in [0.717, 1.165) is 17.0 Å². The third kappa shape index (κ3) is 29.7. The molecular weight excluding hydrogens is 1910 g/mol. The number of esters is 1. The Labute approximate surface area is 835 Å². The summed E-state index contributed by atoms with van der Waals surface area (Å²) in [6.45, 7) is 2.86. The fourth-order valence-corrected chi connectivity index (χ4v) is 17.2. The zero-order valence-corrected chi connectivity index (χ0v) is 80.2.